The maximum atomic E-state index is 13.5. The number of nitrogens with zero attached hydrogens (tertiary/aromatic N) is 1. The zero-order chi connectivity index (χ0) is 21.8. The van der Waals surface area contributed by atoms with Crippen LogP contribution in [0.2, 0.25) is 0 Å². The molecule has 4 nitrogen and oxygen atoms in total. The second kappa shape index (κ2) is 8.68. The molecule has 1 heterocycles. The van der Waals surface area contributed by atoms with Crippen molar-refractivity contribution in [3.8, 4) is 5.75 Å². The fourth-order valence-corrected chi connectivity index (χ4v) is 3.98. The van der Waals surface area contributed by atoms with Crippen LogP contribution in [-0.4, -0.2) is 24.0 Å². The quantitative estimate of drug-likeness (QED) is 0.512. The molecule has 4 heteroatoms. The molecule has 0 saturated heterocycles. The van der Waals surface area contributed by atoms with Crippen molar-refractivity contribution in [3.63, 3.8) is 0 Å². The van der Waals surface area contributed by atoms with E-state index >= 15 is 0 Å². The standard InChI is InChI=1S/C27H28N2O2/c1-20(2)19-31-23-15-13-22(14-16-23)27(3)28-25-12-8-7-11-24(25)26(30)29(27)18-17-21-9-5-4-6-10-21/h4-16,28H,1,17-19H2,2-3H3. The topological polar surface area (TPSA) is 41.6 Å². The number of ether oxygens (including phenoxy) is 1. The summed E-state index contributed by atoms with van der Waals surface area (Å²) in [6, 6.07) is 25.9. The zero-order valence-electron chi connectivity index (χ0n) is 18.1. The molecule has 4 rings (SSSR count). The van der Waals surface area contributed by atoms with E-state index < -0.39 is 5.66 Å². The van der Waals surface area contributed by atoms with Gasteiger partial charge in [0.2, 0.25) is 0 Å². The summed E-state index contributed by atoms with van der Waals surface area (Å²) >= 11 is 0. The average Bonchev–Trinajstić information content (AvgIpc) is 2.78. The van der Waals surface area contributed by atoms with E-state index in [1.165, 1.54) is 5.56 Å². The summed E-state index contributed by atoms with van der Waals surface area (Å²) in [4.78, 5) is 15.5. The van der Waals surface area contributed by atoms with Gasteiger partial charge in [-0.15, -0.1) is 0 Å². The SMILES string of the molecule is C=C(C)COc1ccc(C2(C)Nc3ccccc3C(=O)N2CCc2ccccc2)cc1. The van der Waals surface area contributed by atoms with Crippen LogP contribution < -0.4 is 10.1 Å². The van der Waals surface area contributed by atoms with Gasteiger partial charge in [0.05, 0.1) is 5.56 Å². The van der Waals surface area contributed by atoms with Crippen LogP contribution in [0.4, 0.5) is 5.69 Å². The van der Waals surface area contributed by atoms with Crippen molar-refractivity contribution in [2.75, 3.05) is 18.5 Å². The first-order chi connectivity index (χ1) is 15.0. The Morgan fingerprint density at radius 2 is 1.68 bits per heavy atom. The summed E-state index contributed by atoms with van der Waals surface area (Å²) in [5.74, 6) is 0.823. The van der Waals surface area contributed by atoms with Crippen molar-refractivity contribution in [3.05, 3.63) is 108 Å². The van der Waals surface area contributed by atoms with E-state index in [0.29, 0.717) is 18.7 Å². The Bertz CT molecular complexity index is 1080. The molecule has 0 aromatic heterocycles. The van der Waals surface area contributed by atoms with Gasteiger partial charge in [0.1, 0.15) is 18.0 Å². The number of fused-ring (bicyclic) bond motifs is 1. The molecule has 158 valence electrons. The van der Waals surface area contributed by atoms with Crippen molar-refractivity contribution in [2.45, 2.75) is 25.9 Å². The van der Waals surface area contributed by atoms with Crippen LogP contribution in [0.5, 0.6) is 5.75 Å². The minimum Gasteiger partial charge on any atom is -0.489 e. The summed E-state index contributed by atoms with van der Waals surface area (Å²) in [6.07, 6.45) is 0.784. The number of carbonyl (C=O) groups excluding carboxylic acids is 1. The van der Waals surface area contributed by atoms with Gasteiger partial charge in [0.25, 0.3) is 5.91 Å². The predicted octanol–water partition coefficient (Wildman–Crippen LogP) is 5.62. The summed E-state index contributed by atoms with van der Waals surface area (Å²) in [6.45, 7) is 8.98. The van der Waals surface area contributed by atoms with Gasteiger partial charge in [0.15, 0.2) is 0 Å². The molecule has 31 heavy (non-hydrogen) atoms. The highest BCUT2D eigenvalue weighted by atomic mass is 16.5. The molecule has 1 amide bonds. The van der Waals surface area contributed by atoms with E-state index in [9.17, 15) is 4.79 Å². The second-order valence-electron chi connectivity index (χ2n) is 8.21. The Labute approximate surface area is 184 Å². The monoisotopic (exact) mass is 412 g/mol. The first-order valence-electron chi connectivity index (χ1n) is 10.6. The van der Waals surface area contributed by atoms with Crippen LogP contribution in [-0.2, 0) is 12.1 Å². The second-order valence-corrected chi connectivity index (χ2v) is 8.21. The maximum absolute atomic E-state index is 13.5. The lowest BCUT2D eigenvalue weighted by atomic mass is 9.93. The van der Waals surface area contributed by atoms with Gasteiger partial charge in [-0.1, -0.05) is 61.2 Å². The molecule has 0 aliphatic carbocycles. The fraction of sp³-hybridized carbons (Fsp3) is 0.222. The summed E-state index contributed by atoms with van der Waals surface area (Å²) in [5.41, 5.74) is 4.07. The van der Waals surface area contributed by atoms with Crippen LogP contribution in [0.3, 0.4) is 0 Å². The summed E-state index contributed by atoms with van der Waals surface area (Å²) in [5, 5.41) is 3.63. The molecule has 0 saturated carbocycles. The lowest BCUT2D eigenvalue weighted by Crippen LogP contribution is -2.56. The van der Waals surface area contributed by atoms with Gasteiger partial charge in [0, 0.05) is 12.2 Å². The van der Waals surface area contributed by atoms with E-state index in [0.717, 1.165) is 29.0 Å². The Morgan fingerprint density at radius 3 is 2.39 bits per heavy atom. The molecule has 1 unspecified atom stereocenters. The number of anilines is 1. The number of hydrogen-bond donors (Lipinski definition) is 1. The van der Waals surface area contributed by atoms with E-state index in [2.05, 4.69) is 31.0 Å². The molecule has 0 bridgehead atoms. The molecule has 0 spiro atoms. The van der Waals surface area contributed by atoms with Crippen molar-refractivity contribution >= 4 is 11.6 Å². The Morgan fingerprint density at radius 1 is 1.00 bits per heavy atom. The van der Waals surface area contributed by atoms with Gasteiger partial charge >= 0.3 is 0 Å². The van der Waals surface area contributed by atoms with Crippen molar-refractivity contribution < 1.29 is 9.53 Å². The first-order valence-corrected chi connectivity index (χ1v) is 10.6. The number of carbonyl (C=O) groups is 1. The minimum atomic E-state index is -0.674. The van der Waals surface area contributed by atoms with E-state index in [1.54, 1.807) is 0 Å². The predicted molar refractivity (Wildman–Crippen MR) is 125 cm³/mol. The van der Waals surface area contributed by atoms with E-state index in [-0.39, 0.29) is 5.91 Å². The lowest BCUT2D eigenvalue weighted by Gasteiger charge is -2.47. The number of para-hydroxylation sites is 1. The number of benzene rings is 3. The van der Waals surface area contributed by atoms with Gasteiger partial charge in [-0.3, -0.25) is 4.79 Å². The number of amides is 1. The van der Waals surface area contributed by atoms with Crippen LogP contribution >= 0.6 is 0 Å². The summed E-state index contributed by atoms with van der Waals surface area (Å²) < 4.78 is 5.75. The molecule has 3 aromatic carbocycles. The normalized spacial score (nSPS) is 17.6. The molecule has 1 aliphatic rings. The Balaban J connectivity index is 1.66. The molecule has 0 radical (unpaired) electrons. The molecule has 1 N–H and O–H groups in total. The van der Waals surface area contributed by atoms with Crippen LogP contribution in [0.25, 0.3) is 0 Å². The highest BCUT2D eigenvalue weighted by molar-refractivity contribution is 6.02. The van der Waals surface area contributed by atoms with Crippen molar-refractivity contribution in [1.29, 1.82) is 0 Å². The summed E-state index contributed by atoms with van der Waals surface area (Å²) in [7, 11) is 0. The van der Waals surface area contributed by atoms with E-state index in [1.807, 2.05) is 78.6 Å². The fourth-order valence-electron chi connectivity index (χ4n) is 3.98. The third-order valence-electron chi connectivity index (χ3n) is 5.69. The third-order valence-corrected chi connectivity index (χ3v) is 5.69. The van der Waals surface area contributed by atoms with Crippen LogP contribution in [0.15, 0.2) is 91.0 Å². The first kappa shape index (κ1) is 20.7. The van der Waals surface area contributed by atoms with Crippen molar-refractivity contribution in [1.82, 2.24) is 4.90 Å². The van der Waals surface area contributed by atoms with E-state index in [4.69, 9.17) is 4.74 Å². The lowest BCUT2D eigenvalue weighted by molar-refractivity contribution is 0.0539. The molecule has 1 atom stereocenters. The van der Waals surface area contributed by atoms with Crippen LogP contribution in [0, 0.1) is 0 Å². The minimum absolute atomic E-state index is 0.0374. The number of nitrogens with one attached hydrogen (secondary N) is 1. The Hall–Kier alpha value is -3.53. The largest absolute Gasteiger partial charge is 0.489 e. The van der Waals surface area contributed by atoms with Gasteiger partial charge in [-0.25, -0.2) is 0 Å². The van der Waals surface area contributed by atoms with Crippen LogP contribution in [0.1, 0.15) is 35.3 Å². The van der Waals surface area contributed by atoms with Gasteiger partial charge < -0.3 is 15.0 Å². The zero-order valence-corrected chi connectivity index (χ0v) is 18.1. The molecular weight excluding hydrogens is 384 g/mol. The number of rotatable bonds is 7. The molecule has 1 aliphatic heterocycles. The molecule has 0 fully saturated rings. The third kappa shape index (κ3) is 4.33. The van der Waals surface area contributed by atoms with Gasteiger partial charge in [-0.05, 0) is 61.2 Å². The number of hydrogen-bond acceptors (Lipinski definition) is 3. The maximum Gasteiger partial charge on any atom is 0.258 e. The molecular formula is C27H28N2O2. The highest BCUT2D eigenvalue weighted by Crippen LogP contribution is 2.38. The van der Waals surface area contributed by atoms with Gasteiger partial charge in [-0.2, -0.15) is 0 Å². The highest BCUT2D eigenvalue weighted by Gasteiger charge is 2.42. The average molecular weight is 413 g/mol. The smallest absolute Gasteiger partial charge is 0.258 e. The van der Waals surface area contributed by atoms with Crippen molar-refractivity contribution in [2.24, 2.45) is 0 Å². The Kier molecular flexibility index (Phi) is 5.81. The molecule has 3 aromatic rings.